The molecule has 0 aromatic heterocycles. The van der Waals surface area contributed by atoms with E-state index in [9.17, 15) is 51.6 Å². The summed E-state index contributed by atoms with van der Waals surface area (Å²) in [6, 6.07) is 9.39. The van der Waals surface area contributed by atoms with Gasteiger partial charge in [0.1, 0.15) is 6.04 Å². The van der Waals surface area contributed by atoms with Gasteiger partial charge in [-0.25, -0.2) is 17.9 Å². The van der Waals surface area contributed by atoms with Crippen molar-refractivity contribution in [2.45, 2.75) is 143 Å². The summed E-state index contributed by atoms with van der Waals surface area (Å²) in [6.45, 7) is 21.1. The fourth-order valence-corrected chi connectivity index (χ4v) is 10.5. The van der Waals surface area contributed by atoms with E-state index in [4.69, 9.17) is 19.9 Å². The molecule has 24 heteroatoms. The molecular weight excluding hydrogens is 1100 g/mol. The molecule has 8 N–H and O–H groups in total. The first-order valence-electron chi connectivity index (χ1n) is 28.5. The van der Waals surface area contributed by atoms with Crippen molar-refractivity contribution >= 4 is 68.9 Å². The summed E-state index contributed by atoms with van der Waals surface area (Å²) in [5, 5.41) is 14.2. The lowest BCUT2D eigenvalue weighted by atomic mass is 9.76. The minimum Gasteiger partial charge on any atom is -0.379 e. The zero-order chi connectivity index (χ0) is 63.1. The molecule has 1 aliphatic rings. The van der Waals surface area contributed by atoms with Gasteiger partial charge in [-0.15, -0.1) is 0 Å². The first kappa shape index (κ1) is 71.4. The van der Waals surface area contributed by atoms with Gasteiger partial charge in [0.15, 0.2) is 5.78 Å². The predicted molar refractivity (Wildman–Crippen MR) is 318 cm³/mol. The lowest BCUT2D eigenvalue weighted by Gasteiger charge is -2.40. The van der Waals surface area contributed by atoms with Gasteiger partial charge in [0.2, 0.25) is 23.6 Å². The van der Waals surface area contributed by atoms with Crippen LogP contribution in [0.5, 0.6) is 0 Å². The number of amides is 9. The monoisotopic (exact) mass is 1190 g/mol. The van der Waals surface area contributed by atoms with Gasteiger partial charge in [0.05, 0.1) is 69.2 Å². The van der Waals surface area contributed by atoms with E-state index in [1.165, 1.54) is 48.3 Å². The van der Waals surface area contributed by atoms with Crippen LogP contribution in [0.25, 0.3) is 0 Å². The number of carbonyl (C=O) groups excluding carboxylic acids is 9. The molecule has 0 saturated carbocycles. The quantitative estimate of drug-likeness (QED) is 0.0288. The number of imide groups is 1. The second-order valence-corrected chi connectivity index (χ2v) is 24.8. The van der Waals surface area contributed by atoms with E-state index in [1.807, 2.05) is 78.8 Å². The van der Waals surface area contributed by atoms with Gasteiger partial charge >= 0.3 is 6.03 Å². The highest BCUT2D eigenvalue weighted by Gasteiger charge is 2.42. The molecule has 3 rings (SSSR count). The Morgan fingerprint density at radius 3 is 1.93 bits per heavy atom. The van der Waals surface area contributed by atoms with Gasteiger partial charge in [-0.1, -0.05) is 106 Å². The fourth-order valence-electron chi connectivity index (χ4n) is 9.44. The first-order chi connectivity index (χ1) is 39.4. The van der Waals surface area contributed by atoms with Gasteiger partial charge in [0.25, 0.3) is 27.7 Å². The number of ketones is 1. The zero-order valence-corrected chi connectivity index (χ0v) is 52.0. The van der Waals surface area contributed by atoms with Crippen LogP contribution in [0.4, 0.5) is 10.5 Å². The number of hydrogen-bond acceptors (Lipinski definition) is 15. The van der Waals surface area contributed by atoms with Gasteiger partial charge < -0.3 is 51.4 Å². The number of primary amides is 1. The van der Waals surface area contributed by atoms with Crippen LogP contribution in [0.3, 0.4) is 0 Å². The van der Waals surface area contributed by atoms with Gasteiger partial charge in [-0.05, 0) is 79.8 Å². The van der Waals surface area contributed by atoms with E-state index in [0.29, 0.717) is 5.56 Å². The zero-order valence-electron chi connectivity index (χ0n) is 51.2. The molecule has 0 unspecified atom stereocenters. The van der Waals surface area contributed by atoms with Gasteiger partial charge in [-0.2, -0.15) is 0 Å². The molecule has 1 heterocycles. The molecule has 23 nitrogen and oxygen atoms in total. The number of nitrogens with one attached hydrogen (secondary N) is 6. The van der Waals surface area contributed by atoms with E-state index in [1.54, 1.807) is 34.9 Å². The third kappa shape index (κ3) is 22.0. The van der Waals surface area contributed by atoms with Crippen LogP contribution in [0.2, 0.25) is 0 Å². The molecule has 0 spiro atoms. The summed E-state index contributed by atoms with van der Waals surface area (Å²) in [5.74, 6) is -5.51. The Labute approximate surface area is 495 Å². The summed E-state index contributed by atoms with van der Waals surface area (Å²) in [7, 11) is -1.24. The smallest absolute Gasteiger partial charge is 0.312 e. The van der Waals surface area contributed by atoms with Crippen molar-refractivity contribution in [3.8, 4) is 0 Å². The molecule has 2 aromatic carbocycles. The number of nitrogens with two attached hydrogens (primary N) is 1. The van der Waals surface area contributed by atoms with Crippen LogP contribution in [-0.4, -0.2) is 162 Å². The van der Waals surface area contributed by atoms with Crippen LogP contribution in [0.15, 0.2) is 77.2 Å². The molecule has 0 bridgehead atoms. The maximum atomic E-state index is 14.5. The fraction of sp³-hybridized carbons (Fsp3) is 0.583. The lowest BCUT2D eigenvalue weighted by molar-refractivity contribution is -0.141. The maximum absolute atomic E-state index is 14.5. The third-order valence-corrected chi connectivity index (χ3v) is 15.8. The van der Waals surface area contributed by atoms with Crippen LogP contribution < -0.4 is 37.0 Å². The van der Waals surface area contributed by atoms with Crippen LogP contribution in [-0.2, 0) is 74.4 Å². The maximum Gasteiger partial charge on any atom is 0.312 e. The summed E-state index contributed by atoms with van der Waals surface area (Å²) < 4.78 is 46.3. The molecule has 0 radical (unpaired) electrons. The van der Waals surface area contributed by atoms with E-state index < -0.39 is 86.4 Å². The molecule has 0 fully saturated rings. The van der Waals surface area contributed by atoms with E-state index in [2.05, 4.69) is 31.3 Å². The Morgan fingerprint density at radius 1 is 0.786 bits per heavy atom. The standard InChI is InChI=1S/C60H91N9O14S/c1-14-41-36-44(84(79,80)67-54(74)40(6)35-46(38(2)3)68(13)57(77)53(59(7,8)9)66-56(76)52(62-12)60(10,11)43-20-16-15-17-21-43)22-23-45(41)64-55(75)42(19-18-27-63-58(61)78)37-47(70)51(39(4)5)65-48(71)26-29-81-31-33-83-34-32-82-30-28-69-49(72)24-25-50(69)73/h15-17,20-25,35-36,38-39,42,46,51-53,62H,14,18-19,26-34,37H2,1-13H3,(H,64,75)(H,65,71)(H,66,76)(H,67,74)(H3,61,63,78)/b40-35+/t42-,46-,51+,52-,53-/m1/s1. The molecule has 5 atom stereocenters. The summed E-state index contributed by atoms with van der Waals surface area (Å²) in [5.41, 5.74) is 5.44. The molecule has 1 aliphatic heterocycles. The van der Waals surface area contributed by atoms with Crippen LogP contribution in [0.1, 0.15) is 113 Å². The first-order valence-corrected chi connectivity index (χ1v) is 30.0. The number of sulfonamides is 1. The summed E-state index contributed by atoms with van der Waals surface area (Å²) >= 11 is 0. The highest BCUT2D eigenvalue weighted by molar-refractivity contribution is 7.90. The number of Topliss-reactive ketones (excluding diaryl/α,β-unsaturated/α-hetero) is 1. The second kappa shape index (κ2) is 33.6. The van der Waals surface area contributed by atoms with E-state index in [-0.39, 0.29) is 131 Å². The van der Waals surface area contributed by atoms with Crippen molar-refractivity contribution in [3.05, 3.63) is 83.5 Å². The van der Waals surface area contributed by atoms with Crippen molar-refractivity contribution in [1.82, 2.24) is 35.8 Å². The van der Waals surface area contributed by atoms with Crippen molar-refractivity contribution in [1.29, 1.82) is 0 Å². The minimum atomic E-state index is -4.51. The van der Waals surface area contributed by atoms with Crippen molar-refractivity contribution < 1.29 is 65.8 Å². The molecule has 466 valence electrons. The number of anilines is 1. The Bertz CT molecular complexity index is 2760. The number of carbonyl (C=O) groups is 9. The minimum absolute atomic E-state index is 0.00944. The Morgan fingerprint density at radius 2 is 1.38 bits per heavy atom. The summed E-state index contributed by atoms with van der Waals surface area (Å²) in [6.07, 6.45) is 4.21. The highest BCUT2D eigenvalue weighted by atomic mass is 32.2. The number of aryl methyl sites for hydroxylation is 1. The third-order valence-electron chi connectivity index (χ3n) is 14.5. The summed E-state index contributed by atoms with van der Waals surface area (Å²) in [4.78, 5) is 120. The lowest BCUT2D eigenvalue weighted by Crippen LogP contribution is -2.61. The van der Waals surface area contributed by atoms with E-state index in [0.717, 1.165) is 10.5 Å². The molecule has 2 aromatic rings. The molecule has 0 saturated heterocycles. The normalized spacial score (nSPS) is 14.8. The molecule has 0 aliphatic carbocycles. The Balaban J connectivity index is 1.68. The van der Waals surface area contributed by atoms with Crippen LogP contribution in [0, 0.1) is 23.2 Å². The average molecular weight is 1190 g/mol. The number of hydrogen-bond donors (Lipinski definition) is 7. The van der Waals surface area contributed by atoms with Crippen molar-refractivity contribution in [3.63, 3.8) is 0 Å². The largest absolute Gasteiger partial charge is 0.379 e. The number of nitrogens with zero attached hydrogens (tertiary/aromatic N) is 2. The Hall–Kier alpha value is -6.86. The van der Waals surface area contributed by atoms with E-state index >= 15 is 0 Å². The number of urea groups is 1. The van der Waals surface area contributed by atoms with Gasteiger partial charge in [0, 0.05) is 61.2 Å². The molecular formula is C60H91N9O14S. The number of rotatable bonds is 36. The number of benzene rings is 2. The average Bonchev–Trinajstić information content (AvgIpc) is 3.31. The highest BCUT2D eigenvalue weighted by Crippen LogP contribution is 2.30. The second-order valence-electron chi connectivity index (χ2n) is 23.1. The van der Waals surface area contributed by atoms with Gasteiger partial charge in [-0.3, -0.25) is 43.3 Å². The number of likely N-dealkylation sites (N-methyl/N-ethyl adjacent to an activating group) is 2. The number of ether oxygens (including phenoxy) is 3. The SMILES string of the molecule is CCc1cc(S(=O)(=O)NC(=O)/C(C)=C/[C@H](C(C)C)N(C)C(=O)[C@@H](NC(=O)[C@@H](NC)C(C)(C)c2ccccc2)C(C)(C)C)ccc1NC(=O)[C@H](CCCNC(N)=O)CC(=O)[C@@H](NC(=O)CCOCCOCCOCCN1C(=O)C=CC1=O)C(C)C. The molecule has 84 heavy (non-hydrogen) atoms. The Kier molecular flexibility index (Phi) is 28.5. The predicted octanol–water partition coefficient (Wildman–Crippen LogP) is 4.05. The van der Waals surface area contributed by atoms with Crippen LogP contribution >= 0.6 is 0 Å². The topological polar surface area (TPSA) is 320 Å². The van der Waals surface area contributed by atoms with Crippen molar-refractivity contribution in [2.24, 2.45) is 28.9 Å². The molecule has 9 amide bonds. The van der Waals surface area contributed by atoms with Crippen molar-refractivity contribution in [2.75, 3.05) is 72.1 Å².